The molecule has 0 bridgehead atoms. The van der Waals surface area contributed by atoms with Crippen LogP contribution in [0, 0.1) is 10.1 Å². The van der Waals surface area contributed by atoms with Gasteiger partial charge in [0.2, 0.25) is 0 Å². The van der Waals surface area contributed by atoms with Crippen LogP contribution in [0.1, 0.15) is 32.3 Å². The zero-order valence-electron chi connectivity index (χ0n) is 15.7. The van der Waals surface area contributed by atoms with Crippen LogP contribution in [0.5, 0.6) is 0 Å². The minimum atomic E-state index is -1.19. The summed E-state index contributed by atoms with van der Waals surface area (Å²) < 4.78 is 10.1. The van der Waals surface area contributed by atoms with E-state index in [1.807, 2.05) is 0 Å². The third-order valence-corrected chi connectivity index (χ3v) is 4.15. The number of nitrogens with one attached hydrogen (secondary N) is 1. The fourth-order valence-corrected chi connectivity index (χ4v) is 3.07. The number of rotatable bonds is 7. The topological polar surface area (TPSA) is 125 Å². The van der Waals surface area contributed by atoms with Gasteiger partial charge >= 0.3 is 11.9 Å². The quantitative estimate of drug-likeness (QED) is 0.326. The molecule has 0 saturated carbocycles. The van der Waals surface area contributed by atoms with E-state index in [2.05, 4.69) is 5.32 Å². The van der Waals surface area contributed by atoms with Crippen molar-refractivity contribution in [2.24, 2.45) is 0 Å². The predicted octanol–water partition coefficient (Wildman–Crippen LogP) is 2.13. The van der Waals surface area contributed by atoms with Gasteiger partial charge in [-0.3, -0.25) is 14.9 Å². The number of hydrogen-bond donors (Lipinski definition) is 1. The number of carbonyl (C=O) groups excluding carboxylic acids is 3. The lowest BCUT2D eigenvalue weighted by Crippen LogP contribution is -2.34. The van der Waals surface area contributed by atoms with E-state index in [0.29, 0.717) is 6.29 Å². The molecule has 9 nitrogen and oxygen atoms in total. The van der Waals surface area contributed by atoms with Gasteiger partial charge in [0, 0.05) is 17.3 Å². The Balaban J connectivity index is 2.82. The Morgan fingerprint density at radius 2 is 1.71 bits per heavy atom. The van der Waals surface area contributed by atoms with E-state index in [9.17, 15) is 24.5 Å². The molecule has 1 unspecified atom stereocenters. The van der Waals surface area contributed by atoms with Crippen molar-refractivity contribution in [3.63, 3.8) is 0 Å². The maximum Gasteiger partial charge on any atom is 0.337 e. The van der Waals surface area contributed by atoms with Crippen LogP contribution in [0.4, 0.5) is 5.69 Å². The summed E-state index contributed by atoms with van der Waals surface area (Å²) in [6, 6.07) is 5.71. The Kier molecular flexibility index (Phi) is 6.64. The van der Waals surface area contributed by atoms with Crippen LogP contribution in [0.3, 0.4) is 0 Å². The number of benzene rings is 1. The van der Waals surface area contributed by atoms with Crippen LogP contribution in [-0.2, 0) is 23.9 Å². The number of para-hydroxylation sites is 1. The summed E-state index contributed by atoms with van der Waals surface area (Å²) in [7, 11) is 0. The summed E-state index contributed by atoms with van der Waals surface area (Å²) in [5, 5.41) is 14.3. The molecule has 9 heteroatoms. The largest absolute Gasteiger partial charge is 0.463 e. The van der Waals surface area contributed by atoms with Crippen molar-refractivity contribution in [2.75, 3.05) is 13.2 Å². The molecule has 1 aliphatic rings. The van der Waals surface area contributed by atoms with Crippen LogP contribution in [0.2, 0.25) is 0 Å². The van der Waals surface area contributed by atoms with Gasteiger partial charge in [0.05, 0.1) is 40.9 Å². The lowest BCUT2D eigenvalue weighted by atomic mass is 9.79. The van der Waals surface area contributed by atoms with E-state index < -0.39 is 22.8 Å². The molecule has 0 amide bonds. The smallest absolute Gasteiger partial charge is 0.337 e. The summed E-state index contributed by atoms with van der Waals surface area (Å²) in [6.07, 6.45) is 0.416. The first kappa shape index (κ1) is 20.8. The first-order valence-electron chi connectivity index (χ1n) is 8.61. The molecular weight excluding hydrogens is 368 g/mol. The van der Waals surface area contributed by atoms with Gasteiger partial charge in [0.15, 0.2) is 6.29 Å². The fourth-order valence-electron chi connectivity index (χ4n) is 3.07. The maximum atomic E-state index is 12.6. The molecule has 148 valence electrons. The van der Waals surface area contributed by atoms with Crippen LogP contribution in [0.25, 0.3) is 0 Å². The monoisotopic (exact) mass is 388 g/mol. The molecule has 1 aromatic carbocycles. The van der Waals surface area contributed by atoms with E-state index in [1.54, 1.807) is 19.9 Å². The normalized spacial score (nSPS) is 16.3. The number of dihydropyridines is 1. The Morgan fingerprint density at radius 3 is 2.25 bits per heavy atom. The summed E-state index contributed by atoms with van der Waals surface area (Å²) in [5.74, 6) is -2.79. The van der Waals surface area contributed by atoms with Gasteiger partial charge in [-0.05, 0) is 20.8 Å². The third kappa shape index (κ3) is 3.93. The molecular formula is C19H20N2O7. The van der Waals surface area contributed by atoms with Gasteiger partial charge in [-0.25, -0.2) is 9.59 Å². The third-order valence-electron chi connectivity index (χ3n) is 4.15. The van der Waals surface area contributed by atoms with Crippen molar-refractivity contribution in [3.05, 3.63) is 62.5 Å². The van der Waals surface area contributed by atoms with Gasteiger partial charge in [-0.15, -0.1) is 0 Å². The van der Waals surface area contributed by atoms with Crippen molar-refractivity contribution in [1.29, 1.82) is 0 Å². The molecule has 1 aliphatic heterocycles. The maximum absolute atomic E-state index is 12.6. The van der Waals surface area contributed by atoms with E-state index in [-0.39, 0.29) is 47.0 Å². The number of hydrogen-bond acceptors (Lipinski definition) is 8. The number of nitrogens with zero attached hydrogens (tertiary/aromatic N) is 1. The highest BCUT2D eigenvalue weighted by molar-refractivity contribution is 6.03. The second-order valence-electron chi connectivity index (χ2n) is 5.80. The summed E-state index contributed by atoms with van der Waals surface area (Å²) >= 11 is 0. The molecule has 1 heterocycles. The summed E-state index contributed by atoms with van der Waals surface area (Å²) in [4.78, 5) is 47.8. The number of allylic oxidation sites excluding steroid dienone is 2. The molecule has 28 heavy (non-hydrogen) atoms. The number of esters is 2. The highest BCUT2D eigenvalue weighted by atomic mass is 16.6. The van der Waals surface area contributed by atoms with Crippen LogP contribution < -0.4 is 5.32 Å². The molecule has 1 atom stereocenters. The standard InChI is InChI=1S/C19H20N2O7/c1-4-27-18(23)15-11(3)20-13(10-22)17(19(24)28-5-2)16(15)12-8-6-7-9-14(12)21(25)26/h6-10,16,20H,4-5H2,1-3H3. The summed E-state index contributed by atoms with van der Waals surface area (Å²) in [5.41, 5.74) is -0.247. The number of ether oxygens (including phenoxy) is 2. The van der Waals surface area contributed by atoms with E-state index in [4.69, 9.17) is 9.47 Å². The van der Waals surface area contributed by atoms with Crippen molar-refractivity contribution in [1.82, 2.24) is 5.32 Å². The van der Waals surface area contributed by atoms with Crippen molar-refractivity contribution >= 4 is 23.9 Å². The van der Waals surface area contributed by atoms with Crippen molar-refractivity contribution in [2.45, 2.75) is 26.7 Å². The Bertz CT molecular complexity index is 886. The number of nitro groups is 1. The van der Waals surface area contributed by atoms with E-state index >= 15 is 0 Å². The average molecular weight is 388 g/mol. The highest BCUT2D eigenvalue weighted by Gasteiger charge is 2.41. The van der Waals surface area contributed by atoms with Gasteiger partial charge in [-0.2, -0.15) is 0 Å². The zero-order valence-corrected chi connectivity index (χ0v) is 15.7. The molecule has 0 aromatic heterocycles. The van der Waals surface area contributed by atoms with Gasteiger partial charge in [0.25, 0.3) is 5.69 Å². The van der Waals surface area contributed by atoms with Crippen LogP contribution >= 0.6 is 0 Å². The molecule has 0 radical (unpaired) electrons. The minimum absolute atomic E-state index is 0.00445. The second kappa shape index (κ2) is 8.94. The number of carbonyl (C=O) groups is 3. The highest BCUT2D eigenvalue weighted by Crippen LogP contribution is 2.42. The molecule has 0 spiro atoms. The molecule has 0 fully saturated rings. The average Bonchev–Trinajstić information content (AvgIpc) is 2.67. The molecule has 2 rings (SSSR count). The second-order valence-corrected chi connectivity index (χ2v) is 5.80. The van der Waals surface area contributed by atoms with Crippen LogP contribution in [0.15, 0.2) is 46.8 Å². The first-order chi connectivity index (χ1) is 13.4. The minimum Gasteiger partial charge on any atom is -0.463 e. The number of aldehydes is 1. The Labute approximate surface area is 161 Å². The Morgan fingerprint density at radius 1 is 1.14 bits per heavy atom. The Hall–Kier alpha value is -3.49. The summed E-state index contributed by atoms with van der Waals surface area (Å²) in [6.45, 7) is 4.82. The molecule has 0 saturated heterocycles. The fraction of sp³-hybridized carbons (Fsp3) is 0.316. The van der Waals surface area contributed by atoms with Crippen molar-refractivity contribution in [3.8, 4) is 0 Å². The van der Waals surface area contributed by atoms with Gasteiger partial charge in [0.1, 0.15) is 0 Å². The molecule has 1 aromatic rings. The van der Waals surface area contributed by atoms with Gasteiger partial charge < -0.3 is 14.8 Å². The van der Waals surface area contributed by atoms with Crippen LogP contribution in [-0.4, -0.2) is 36.4 Å². The first-order valence-corrected chi connectivity index (χ1v) is 8.61. The SMILES string of the molecule is CCOC(=O)C1=C(C)NC(C=O)=C(C(=O)OCC)C1c1ccccc1[N+](=O)[O-]. The lowest BCUT2D eigenvalue weighted by Gasteiger charge is -2.29. The van der Waals surface area contributed by atoms with E-state index in [1.165, 1.54) is 25.1 Å². The zero-order chi connectivity index (χ0) is 20.8. The predicted molar refractivity (Wildman–Crippen MR) is 98.0 cm³/mol. The lowest BCUT2D eigenvalue weighted by molar-refractivity contribution is -0.385. The molecule has 0 aliphatic carbocycles. The molecule has 1 N–H and O–H groups in total. The van der Waals surface area contributed by atoms with E-state index in [0.717, 1.165) is 0 Å². The number of nitro benzene ring substituents is 1. The van der Waals surface area contributed by atoms with Gasteiger partial charge in [-0.1, -0.05) is 18.2 Å². The van der Waals surface area contributed by atoms with Crippen molar-refractivity contribution < 1.29 is 28.8 Å².